The number of halogens is 1. The van der Waals surface area contributed by atoms with Crippen LogP contribution < -0.4 is 4.90 Å². The molecule has 2 N–H and O–H groups in total. The molecule has 0 saturated carbocycles. The summed E-state index contributed by atoms with van der Waals surface area (Å²) in [5.74, 6) is 1.54. The largest absolute Gasteiger partial charge is 0.480 e. The minimum atomic E-state index is -1.54. The van der Waals surface area contributed by atoms with Crippen LogP contribution in [0.2, 0.25) is 0 Å². The van der Waals surface area contributed by atoms with Crippen molar-refractivity contribution in [2.45, 2.75) is 19.9 Å². The van der Waals surface area contributed by atoms with Crippen LogP contribution in [0.3, 0.4) is 0 Å². The predicted molar refractivity (Wildman–Crippen MR) is 90.2 cm³/mol. The second-order valence-corrected chi connectivity index (χ2v) is 5.45. The van der Waals surface area contributed by atoms with Gasteiger partial charge < -0.3 is 14.9 Å². The van der Waals surface area contributed by atoms with Gasteiger partial charge in [0.25, 0.3) is 0 Å². The lowest BCUT2D eigenvalue weighted by Gasteiger charge is -2.25. The fourth-order valence-corrected chi connectivity index (χ4v) is 1.96. The molecule has 0 atom stereocenters. The van der Waals surface area contributed by atoms with E-state index in [1.807, 2.05) is 25.8 Å². The highest BCUT2D eigenvalue weighted by molar-refractivity contribution is 6.48. The normalized spacial score (nSPS) is 11.3. The summed E-state index contributed by atoms with van der Waals surface area (Å²) in [7, 11) is 0.357. The molecule has 120 valence electrons. The molecule has 0 unspecified atom stereocenters. The third-order valence-corrected chi connectivity index (χ3v) is 3.44. The summed E-state index contributed by atoms with van der Waals surface area (Å²) < 4.78 is 13.1. The van der Waals surface area contributed by atoms with E-state index in [0.29, 0.717) is 17.2 Å². The van der Waals surface area contributed by atoms with Crippen LogP contribution in [-0.4, -0.2) is 40.2 Å². The van der Waals surface area contributed by atoms with Gasteiger partial charge in [0.2, 0.25) is 0 Å². The Morgan fingerprint density at radius 1 is 1.22 bits per heavy atom. The number of benzene rings is 1. The number of hydrogen-bond acceptors (Lipinski definition) is 5. The van der Waals surface area contributed by atoms with Crippen LogP contribution in [0.5, 0.6) is 0 Å². The molecule has 0 saturated heterocycles. The lowest BCUT2D eigenvalue weighted by molar-refractivity contribution is 0.424. The van der Waals surface area contributed by atoms with Crippen LogP contribution >= 0.6 is 0 Å². The van der Waals surface area contributed by atoms with Crippen LogP contribution in [0, 0.1) is 5.82 Å². The number of anilines is 1. The average Bonchev–Trinajstić information content (AvgIpc) is 2.52. The van der Waals surface area contributed by atoms with Crippen molar-refractivity contribution in [1.29, 1.82) is 0 Å². The Bertz CT molecular complexity index is 690. The van der Waals surface area contributed by atoms with E-state index in [1.165, 1.54) is 30.4 Å². The van der Waals surface area contributed by atoms with Crippen LogP contribution in [0.15, 0.2) is 36.4 Å². The molecule has 23 heavy (non-hydrogen) atoms. The second kappa shape index (κ2) is 7.35. The van der Waals surface area contributed by atoms with Crippen LogP contribution in [0.4, 0.5) is 10.2 Å². The zero-order chi connectivity index (χ0) is 17.0. The maximum Gasteiger partial charge on any atom is 0.480 e. The molecular formula is C16H19BFN3O2. The molecule has 0 fully saturated rings. The van der Waals surface area contributed by atoms with Gasteiger partial charge >= 0.3 is 7.12 Å². The first kappa shape index (κ1) is 17.1. The molecule has 7 heteroatoms. The highest BCUT2D eigenvalue weighted by atomic mass is 19.1. The molecule has 2 aromatic rings. The molecule has 2 rings (SSSR count). The zero-order valence-electron chi connectivity index (χ0n) is 13.3. The highest BCUT2D eigenvalue weighted by Crippen LogP contribution is 2.28. The molecule has 1 heterocycles. The minimum Gasteiger partial charge on any atom is -0.424 e. The third kappa shape index (κ3) is 4.37. The van der Waals surface area contributed by atoms with Crippen molar-refractivity contribution in [2.24, 2.45) is 0 Å². The van der Waals surface area contributed by atoms with Gasteiger partial charge in [0, 0.05) is 18.7 Å². The van der Waals surface area contributed by atoms with E-state index in [-0.39, 0.29) is 11.9 Å². The zero-order valence-corrected chi connectivity index (χ0v) is 13.3. The Kier molecular flexibility index (Phi) is 5.47. The van der Waals surface area contributed by atoms with Crippen LogP contribution in [-0.2, 0) is 0 Å². The second-order valence-electron chi connectivity index (χ2n) is 5.45. The molecule has 1 aromatic carbocycles. The standard InChI is InChI=1S/C16H19BFN3O2/c1-11(2)21(3)16-15(12-4-6-13(18)7-5-12)19-10-14(20-16)8-9-17(22)23/h4-11,22-23H,1-3H3. The first-order chi connectivity index (χ1) is 10.9. The Labute approximate surface area is 135 Å². The molecule has 0 bridgehead atoms. The monoisotopic (exact) mass is 315 g/mol. The maximum absolute atomic E-state index is 13.1. The summed E-state index contributed by atoms with van der Waals surface area (Å²) in [6.45, 7) is 4.05. The Morgan fingerprint density at radius 3 is 2.43 bits per heavy atom. The molecule has 0 radical (unpaired) electrons. The van der Waals surface area contributed by atoms with E-state index < -0.39 is 7.12 Å². The SMILES string of the molecule is CC(C)N(C)c1nc(C=CB(O)O)cnc1-c1ccc(F)cc1. The van der Waals surface area contributed by atoms with Gasteiger partial charge in [-0.05, 0) is 44.2 Å². The van der Waals surface area contributed by atoms with Gasteiger partial charge in [-0.25, -0.2) is 9.37 Å². The average molecular weight is 315 g/mol. The fraction of sp³-hybridized carbons (Fsp3) is 0.250. The Morgan fingerprint density at radius 2 is 1.87 bits per heavy atom. The van der Waals surface area contributed by atoms with Gasteiger partial charge in [0.15, 0.2) is 5.82 Å². The van der Waals surface area contributed by atoms with Gasteiger partial charge in [-0.3, -0.25) is 4.98 Å². The summed E-state index contributed by atoms with van der Waals surface area (Å²) in [6, 6.07) is 6.26. The molecule has 0 amide bonds. The van der Waals surface area contributed by atoms with Crippen molar-refractivity contribution in [3.8, 4) is 11.3 Å². The van der Waals surface area contributed by atoms with Gasteiger partial charge in [0.05, 0.1) is 11.9 Å². The van der Waals surface area contributed by atoms with Crippen molar-refractivity contribution in [2.75, 3.05) is 11.9 Å². The number of nitrogens with zero attached hydrogens (tertiary/aromatic N) is 3. The van der Waals surface area contributed by atoms with Crippen molar-refractivity contribution >= 4 is 19.0 Å². The van der Waals surface area contributed by atoms with Crippen molar-refractivity contribution < 1.29 is 14.4 Å². The lowest BCUT2D eigenvalue weighted by Crippen LogP contribution is -2.27. The maximum atomic E-state index is 13.1. The van der Waals surface area contributed by atoms with Gasteiger partial charge in [-0.2, -0.15) is 0 Å². The third-order valence-electron chi connectivity index (χ3n) is 3.44. The molecule has 0 aliphatic heterocycles. The van der Waals surface area contributed by atoms with E-state index in [4.69, 9.17) is 10.0 Å². The van der Waals surface area contributed by atoms with Crippen molar-refractivity contribution in [1.82, 2.24) is 9.97 Å². The quantitative estimate of drug-likeness (QED) is 0.828. The summed E-state index contributed by atoms with van der Waals surface area (Å²) in [5, 5.41) is 17.8. The van der Waals surface area contributed by atoms with Crippen molar-refractivity contribution in [3.05, 3.63) is 47.9 Å². The molecule has 1 aromatic heterocycles. The molecule has 0 spiro atoms. The van der Waals surface area contributed by atoms with E-state index in [1.54, 1.807) is 12.1 Å². The Hall–Kier alpha value is -2.25. The van der Waals surface area contributed by atoms with E-state index >= 15 is 0 Å². The first-order valence-corrected chi connectivity index (χ1v) is 7.28. The molecule has 5 nitrogen and oxygen atoms in total. The number of aromatic nitrogens is 2. The topological polar surface area (TPSA) is 69.5 Å². The molecular weight excluding hydrogens is 296 g/mol. The first-order valence-electron chi connectivity index (χ1n) is 7.28. The fourth-order valence-electron chi connectivity index (χ4n) is 1.96. The van der Waals surface area contributed by atoms with Gasteiger partial charge in [0.1, 0.15) is 11.5 Å². The van der Waals surface area contributed by atoms with Crippen molar-refractivity contribution in [3.63, 3.8) is 0 Å². The van der Waals surface area contributed by atoms with E-state index in [9.17, 15) is 4.39 Å². The van der Waals surface area contributed by atoms with E-state index in [2.05, 4.69) is 9.97 Å². The summed E-state index contributed by atoms with van der Waals surface area (Å²) >= 11 is 0. The summed E-state index contributed by atoms with van der Waals surface area (Å²) in [5.41, 5.74) is 1.91. The number of rotatable bonds is 5. The smallest absolute Gasteiger partial charge is 0.424 e. The highest BCUT2D eigenvalue weighted by Gasteiger charge is 2.16. The minimum absolute atomic E-state index is 0.186. The predicted octanol–water partition coefficient (Wildman–Crippen LogP) is 2.15. The molecule has 0 aliphatic carbocycles. The van der Waals surface area contributed by atoms with Crippen LogP contribution in [0.1, 0.15) is 19.5 Å². The van der Waals surface area contributed by atoms with E-state index in [0.717, 1.165) is 5.56 Å². The summed E-state index contributed by atoms with van der Waals surface area (Å²) in [6.07, 6.45) is 3.03. The lowest BCUT2D eigenvalue weighted by atomic mass is 9.91. The summed E-state index contributed by atoms with van der Waals surface area (Å²) in [4.78, 5) is 10.9. The number of hydrogen-bond donors (Lipinski definition) is 2. The van der Waals surface area contributed by atoms with Crippen LogP contribution in [0.25, 0.3) is 17.3 Å². The van der Waals surface area contributed by atoms with Gasteiger partial charge in [-0.1, -0.05) is 5.98 Å². The Balaban J connectivity index is 2.50. The molecule has 0 aliphatic rings. The van der Waals surface area contributed by atoms with Gasteiger partial charge in [-0.15, -0.1) is 0 Å².